The van der Waals surface area contributed by atoms with Crippen molar-refractivity contribution in [1.82, 2.24) is 0 Å². The quantitative estimate of drug-likeness (QED) is 0.157. The summed E-state index contributed by atoms with van der Waals surface area (Å²) in [6.45, 7) is 0. The van der Waals surface area contributed by atoms with Gasteiger partial charge in [0.05, 0.1) is 5.41 Å². The molecule has 268 valence electrons. The summed E-state index contributed by atoms with van der Waals surface area (Å²) in [7, 11) is 0. The maximum Gasteiger partial charge on any atom is 0.0714 e. The number of rotatable bonds is 7. The van der Waals surface area contributed by atoms with E-state index in [1.54, 1.807) is 0 Å². The van der Waals surface area contributed by atoms with Crippen molar-refractivity contribution in [2.75, 3.05) is 4.90 Å². The highest BCUT2D eigenvalue weighted by Crippen LogP contribution is 2.56. The summed E-state index contributed by atoms with van der Waals surface area (Å²) in [5.41, 5.74) is 15.7. The number of hydrogen-bond donors (Lipinski definition) is 0. The number of anilines is 3. The molecule has 0 unspecified atom stereocenters. The van der Waals surface area contributed by atoms with E-state index in [4.69, 9.17) is 0 Å². The third-order valence-electron chi connectivity index (χ3n) is 11.8. The number of hydrogen-bond acceptors (Lipinski definition) is 2. The van der Waals surface area contributed by atoms with Crippen LogP contribution in [0.2, 0.25) is 0 Å². The van der Waals surface area contributed by atoms with E-state index in [0.717, 1.165) is 17.1 Å². The third kappa shape index (κ3) is 5.44. The van der Waals surface area contributed by atoms with Crippen LogP contribution in [-0.2, 0) is 5.41 Å². The van der Waals surface area contributed by atoms with Crippen molar-refractivity contribution < 1.29 is 0 Å². The van der Waals surface area contributed by atoms with Crippen molar-refractivity contribution in [3.8, 4) is 33.4 Å². The molecule has 11 rings (SSSR count). The van der Waals surface area contributed by atoms with E-state index in [2.05, 4.69) is 229 Å². The van der Waals surface area contributed by atoms with Crippen molar-refractivity contribution in [2.24, 2.45) is 0 Å². The second kappa shape index (κ2) is 13.6. The summed E-state index contributed by atoms with van der Waals surface area (Å²) >= 11 is 1.88. The zero-order valence-corrected chi connectivity index (χ0v) is 32.0. The van der Waals surface area contributed by atoms with Crippen molar-refractivity contribution in [3.63, 3.8) is 0 Å². The molecule has 0 bridgehead atoms. The molecule has 1 aromatic heterocycles. The summed E-state index contributed by atoms with van der Waals surface area (Å²) < 4.78 is 2.58. The van der Waals surface area contributed by atoms with E-state index in [1.165, 1.54) is 75.8 Å². The molecule has 1 nitrogen and oxygen atoms in total. The molecular formula is C55H37NS. The van der Waals surface area contributed by atoms with Crippen LogP contribution in [0.1, 0.15) is 22.3 Å². The number of nitrogens with zero attached hydrogens (tertiary/aromatic N) is 1. The van der Waals surface area contributed by atoms with Gasteiger partial charge in [-0.3, -0.25) is 0 Å². The molecule has 9 aromatic carbocycles. The zero-order valence-electron chi connectivity index (χ0n) is 31.2. The highest BCUT2D eigenvalue weighted by Gasteiger charge is 2.45. The number of benzene rings is 9. The first kappa shape index (κ1) is 33.3. The Morgan fingerprint density at radius 1 is 0.316 bits per heavy atom. The fraction of sp³-hybridized carbons (Fsp3) is 0.0182. The lowest BCUT2D eigenvalue weighted by Crippen LogP contribution is -2.28. The largest absolute Gasteiger partial charge is 0.310 e. The Morgan fingerprint density at radius 2 is 0.789 bits per heavy atom. The fourth-order valence-electron chi connectivity index (χ4n) is 9.16. The lowest BCUT2D eigenvalue weighted by Gasteiger charge is -2.33. The van der Waals surface area contributed by atoms with Crippen molar-refractivity contribution in [1.29, 1.82) is 0 Å². The van der Waals surface area contributed by atoms with Crippen LogP contribution in [0.3, 0.4) is 0 Å². The Hall–Kier alpha value is -7.00. The Labute approximate surface area is 337 Å². The summed E-state index contributed by atoms with van der Waals surface area (Å²) in [5.74, 6) is 0. The predicted molar refractivity (Wildman–Crippen MR) is 242 cm³/mol. The minimum Gasteiger partial charge on any atom is -0.310 e. The monoisotopic (exact) mass is 743 g/mol. The van der Waals surface area contributed by atoms with Gasteiger partial charge in [0.1, 0.15) is 0 Å². The van der Waals surface area contributed by atoms with Gasteiger partial charge < -0.3 is 4.90 Å². The molecule has 0 saturated heterocycles. The van der Waals surface area contributed by atoms with Gasteiger partial charge in [0, 0.05) is 37.2 Å². The molecule has 0 radical (unpaired) electrons. The molecule has 1 aliphatic carbocycles. The molecule has 10 aromatic rings. The summed E-state index contributed by atoms with van der Waals surface area (Å²) in [6, 6.07) is 82.3. The average Bonchev–Trinajstić information content (AvgIpc) is 3.81. The fourth-order valence-corrected chi connectivity index (χ4v) is 10.3. The SMILES string of the molecule is c1ccc(-c2ccc(N(c3ccc(-c4ccccc4)cc3)c3ccc4sc5cc(C6(c7ccccc7)c7ccccc7-c7ccccc76)ccc5c4c3)cc2)cc1. The molecule has 0 spiro atoms. The Balaban J connectivity index is 1.06. The van der Waals surface area contributed by atoms with Crippen LogP contribution in [0.5, 0.6) is 0 Å². The van der Waals surface area contributed by atoms with Gasteiger partial charge >= 0.3 is 0 Å². The standard InChI is InChI=1S/C55H37NS/c1-4-14-38(15-5-1)40-24-29-44(30-25-40)56(45-31-26-41(27-32-45)39-16-6-2-7-17-39)46-33-35-53-50(37-46)49-34-28-43(36-54(49)57-53)55(42-18-8-3-9-19-42)51-22-12-10-20-47(51)48-21-11-13-23-52(48)55/h1-37H. The van der Waals surface area contributed by atoms with Gasteiger partial charge in [-0.1, -0.05) is 176 Å². The molecule has 1 aliphatic rings. The normalized spacial score (nSPS) is 12.7. The van der Waals surface area contributed by atoms with E-state index in [9.17, 15) is 0 Å². The second-order valence-electron chi connectivity index (χ2n) is 14.9. The van der Waals surface area contributed by atoms with Crippen molar-refractivity contribution >= 4 is 48.6 Å². The molecule has 2 heteroatoms. The van der Waals surface area contributed by atoms with Gasteiger partial charge in [-0.05, 0) is 104 Å². The molecule has 0 amide bonds. The average molecular weight is 744 g/mol. The molecule has 0 N–H and O–H groups in total. The smallest absolute Gasteiger partial charge is 0.0714 e. The van der Waals surface area contributed by atoms with Crippen LogP contribution in [-0.4, -0.2) is 0 Å². The van der Waals surface area contributed by atoms with Crippen molar-refractivity contribution in [3.05, 3.63) is 247 Å². The van der Waals surface area contributed by atoms with Crippen LogP contribution in [0.4, 0.5) is 17.1 Å². The van der Waals surface area contributed by atoms with Crippen LogP contribution < -0.4 is 4.90 Å². The second-order valence-corrected chi connectivity index (χ2v) is 15.9. The highest BCUT2D eigenvalue weighted by molar-refractivity contribution is 7.25. The van der Waals surface area contributed by atoms with Crippen LogP contribution in [0.15, 0.2) is 224 Å². The lowest BCUT2D eigenvalue weighted by molar-refractivity contribution is 0.770. The first-order valence-corrected chi connectivity index (χ1v) is 20.4. The predicted octanol–water partition coefficient (Wildman–Crippen LogP) is 15.2. The lowest BCUT2D eigenvalue weighted by atomic mass is 9.67. The van der Waals surface area contributed by atoms with Crippen LogP contribution in [0, 0.1) is 0 Å². The summed E-state index contributed by atoms with van der Waals surface area (Å²) in [6.07, 6.45) is 0. The summed E-state index contributed by atoms with van der Waals surface area (Å²) in [4.78, 5) is 2.39. The molecule has 0 saturated carbocycles. The Bertz CT molecular complexity index is 2910. The van der Waals surface area contributed by atoms with Gasteiger partial charge in [0.15, 0.2) is 0 Å². The molecule has 0 aliphatic heterocycles. The van der Waals surface area contributed by atoms with Gasteiger partial charge in [-0.2, -0.15) is 0 Å². The molecular weight excluding hydrogens is 707 g/mol. The minimum absolute atomic E-state index is 0.418. The first-order valence-electron chi connectivity index (χ1n) is 19.6. The van der Waals surface area contributed by atoms with Gasteiger partial charge in [0.2, 0.25) is 0 Å². The number of fused-ring (bicyclic) bond motifs is 6. The molecule has 0 fully saturated rings. The summed E-state index contributed by atoms with van der Waals surface area (Å²) in [5, 5.41) is 2.55. The Morgan fingerprint density at radius 3 is 1.35 bits per heavy atom. The zero-order chi connectivity index (χ0) is 37.8. The Kier molecular flexibility index (Phi) is 7.98. The first-order chi connectivity index (χ1) is 28.3. The third-order valence-corrected chi connectivity index (χ3v) is 12.9. The van der Waals surface area contributed by atoms with Crippen molar-refractivity contribution in [2.45, 2.75) is 5.41 Å². The van der Waals surface area contributed by atoms with E-state index < -0.39 is 5.41 Å². The van der Waals surface area contributed by atoms with E-state index in [1.807, 2.05) is 11.3 Å². The van der Waals surface area contributed by atoms with E-state index in [0.29, 0.717) is 0 Å². The van der Waals surface area contributed by atoms with E-state index >= 15 is 0 Å². The highest BCUT2D eigenvalue weighted by atomic mass is 32.1. The number of thiophene rings is 1. The van der Waals surface area contributed by atoms with E-state index in [-0.39, 0.29) is 0 Å². The maximum absolute atomic E-state index is 2.47. The molecule has 57 heavy (non-hydrogen) atoms. The van der Waals surface area contributed by atoms with Crippen LogP contribution >= 0.6 is 11.3 Å². The minimum atomic E-state index is -0.418. The van der Waals surface area contributed by atoms with Gasteiger partial charge in [0.25, 0.3) is 0 Å². The topological polar surface area (TPSA) is 3.24 Å². The van der Waals surface area contributed by atoms with Crippen LogP contribution in [0.25, 0.3) is 53.6 Å². The molecule has 0 atom stereocenters. The maximum atomic E-state index is 2.47. The molecule has 1 heterocycles. The van der Waals surface area contributed by atoms with Gasteiger partial charge in [-0.25, -0.2) is 0 Å². The van der Waals surface area contributed by atoms with Gasteiger partial charge in [-0.15, -0.1) is 11.3 Å².